The molecule has 7 nitrogen and oxygen atoms in total. The number of piperidine rings is 1. The zero-order valence-corrected chi connectivity index (χ0v) is 18.7. The predicted molar refractivity (Wildman–Crippen MR) is 118 cm³/mol. The van der Waals surface area contributed by atoms with Gasteiger partial charge in [0.1, 0.15) is 11.5 Å². The second-order valence-corrected chi connectivity index (χ2v) is 8.78. The van der Waals surface area contributed by atoms with Crippen LogP contribution in [0.5, 0.6) is 0 Å². The van der Waals surface area contributed by atoms with Gasteiger partial charge in [0.15, 0.2) is 5.82 Å². The van der Waals surface area contributed by atoms with Crippen molar-refractivity contribution >= 4 is 23.2 Å². The summed E-state index contributed by atoms with van der Waals surface area (Å²) >= 11 is 6.60. The minimum atomic E-state index is -0.181. The third-order valence-corrected chi connectivity index (χ3v) is 6.50. The molecule has 1 saturated heterocycles. The lowest BCUT2D eigenvalue weighted by Gasteiger charge is -2.42. The fourth-order valence-corrected chi connectivity index (χ4v) is 4.14. The number of nitrogens with two attached hydrogens (primary N) is 1. The number of nitrogens with zero attached hydrogens (tertiary/aromatic N) is 5. The second kappa shape index (κ2) is 8.42. The molecule has 0 radical (unpaired) electrons. The molecule has 0 bridgehead atoms. The van der Waals surface area contributed by atoms with E-state index in [0.717, 1.165) is 43.0 Å². The van der Waals surface area contributed by atoms with Crippen LogP contribution in [0.4, 0.5) is 11.6 Å². The molecular formula is C21H31ClN6O. The van der Waals surface area contributed by atoms with Gasteiger partial charge in [-0.2, -0.15) is 0 Å². The Labute approximate surface area is 177 Å². The van der Waals surface area contributed by atoms with E-state index in [1.54, 1.807) is 6.20 Å². The number of rotatable bonds is 5. The number of aliphatic hydroxyl groups excluding tert-OH is 1. The van der Waals surface area contributed by atoms with Crippen LogP contribution in [0.15, 0.2) is 12.3 Å². The summed E-state index contributed by atoms with van der Waals surface area (Å²) in [6.07, 6.45) is 3.68. The van der Waals surface area contributed by atoms with Crippen molar-refractivity contribution in [2.45, 2.75) is 46.3 Å². The maximum atomic E-state index is 10.0. The number of halogens is 1. The molecule has 0 amide bonds. The second-order valence-electron chi connectivity index (χ2n) is 8.41. The van der Waals surface area contributed by atoms with E-state index in [1.807, 2.05) is 32.0 Å². The van der Waals surface area contributed by atoms with Crippen molar-refractivity contribution in [1.29, 1.82) is 0 Å². The normalized spacial score (nSPS) is 17.3. The molecule has 0 aliphatic carbocycles. The molecule has 3 heterocycles. The molecule has 0 aromatic carbocycles. The minimum Gasteiger partial charge on any atom is -0.390 e. The molecule has 0 saturated carbocycles. The molecule has 8 heteroatoms. The Balaban J connectivity index is 1.97. The topological polar surface area (TPSA) is 91.4 Å². The standard InChI is InChI=1S/C21H31ClN6O/c1-13-18(15-6-9-24-20(17(15)22)27(4)5)26-16(12-29)19(25-13)28-10-7-21(3,8-11-28)14(2)23/h6,9,14,29H,7-8,10-12,23H2,1-5H3/t14-/m1/s1. The van der Waals surface area contributed by atoms with Crippen molar-refractivity contribution < 1.29 is 5.11 Å². The summed E-state index contributed by atoms with van der Waals surface area (Å²) in [5, 5.41) is 10.5. The third kappa shape index (κ3) is 4.17. The van der Waals surface area contributed by atoms with Gasteiger partial charge >= 0.3 is 0 Å². The molecule has 1 fully saturated rings. The molecule has 1 atom stereocenters. The van der Waals surface area contributed by atoms with E-state index >= 15 is 0 Å². The van der Waals surface area contributed by atoms with Crippen LogP contribution in [-0.2, 0) is 6.61 Å². The fourth-order valence-electron chi connectivity index (χ4n) is 3.77. The van der Waals surface area contributed by atoms with Crippen molar-refractivity contribution in [2.24, 2.45) is 11.1 Å². The average molecular weight is 419 g/mol. The van der Waals surface area contributed by atoms with Crippen molar-refractivity contribution in [1.82, 2.24) is 15.0 Å². The summed E-state index contributed by atoms with van der Waals surface area (Å²) in [4.78, 5) is 18.0. The van der Waals surface area contributed by atoms with Crippen LogP contribution in [0, 0.1) is 12.3 Å². The Morgan fingerprint density at radius 1 is 1.31 bits per heavy atom. The summed E-state index contributed by atoms with van der Waals surface area (Å²) in [6, 6.07) is 1.99. The van der Waals surface area contributed by atoms with E-state index in [1.165, 1.54) is 0 Å². The van der Waals surface area contributed by atoms with Gasteiger partial charge in [0.25, 0.3) is 0 Å². The Morgan fingerprint density at radius 2 is 1.97 bits per heavy atom. The Kier molecular flexibility index (Phi) is 6.31. The van der Waals surface area contributed by atoms with E-state index in [9.17, 15) is 5.11 Å². The van der Waals surface area contributed by atoms with Crippen LogP contribution in [0.2, 0.25) is 5.02 Å². The molecule has 2 aromatic rings. The summed E-state index contributed by atoms with van der Waals surface area (Å²) in [5.74, 6) is 1.42. The summed E-state index contributed by atoms with van der Waals surface area (Å²) in [5.41, 5.74) is 9.09. The molecule has 158 valence electrons. The van der Waals surface area contributed by atoms with Crippen molar-refractivity contribution in [3.8, 4) is 11.3 Å². The van der Waals surface area contributed by atoms with Gasteiger partial charge in [-0.25, -0.2) is 15.0 Å². The minimum absolute atomic E-state index is 0.130. The molecular weight excluding hydrogens is 388 g/mol. The van der Waals surface area contributed by atoms with Crippen molar-refractivity contribution in [3.05, 3.63) is 28.7 Å². The lowest BCUT2D eigenvalue weighted by atomic mass is 9.75. The fraction of sp³-hybridized carbons (Fsp3) is 0.571. The highest BCUT2D eigenvalue weighted by atomic mass is 35.5. The Bertz CT molecular complexity index is 878. The monoisotopic (exact) mass is 418 g/mol. The van der Waals surface area contributed by atoms with Gasteiger partial charge in [0.2, 0.25) is 0 Å². The van der Waals surface area contributed by atoms with Crippen molar-refractivity contribution in [3.63, 3.8) is 0 Å². The number of anilines is 2. The number of aliphatic hydroxyl groups is 1. The molecule has 1 aliphatic heterocycles. The van der Waals surface area contributed by atoms with Crippen LogP contribution in [0.25, 0.3) is 11.3 Å². The van der Waals surface area contributed by atoms with Gasteiger partial charge in [-0.05, 0) is 38.2 Å². The van der Waals surface area contributed by atoms with E-state index in [2.05, 4.69) is 23.7 Å². The first kappa shape index (κ1) is 21.7. The first-order valence-corrected chi connectivity index (χ1v) is 10.4. The summed E-state index contributed by atoms with van der Waals surface area (Å²) in [6.45, 7) is 7.76. The number of hydrogen-bond acceptors (Lipinski definition) is 7. The summed E-state index contributed by atoms with van der Waals surface area (Å²) < 4.78 is 0. The van der Waals surface area contributed by atoms with Gasteiger partial charge < -0.3 is 20.6 Å². The molecule has 3 N–H and O–H groups in total. The van der Waals surface area contributed by atoms with E-state index in [-0.39, 0.29) is 18.1 Å². The van der Waals surface area contributed by atoms with Crippen molar-refractivity contribution in [2.75, 3.05) is 37.0 Å². The van der Waals surface area contributed by atoms with E-state index in [0.29, 0.717) is 22.2 Å². The first-order chi connectivity index (χ1) is 13.7. The third-order valence-electron chi connectivity index (χ3n) is 6.12. The van der Waals surface area contributed by atoms with Crippen LogP contribution in [0.3, 0.4) is 0 Å². The van der Waals surface area contributed by atoms with Gasteiger partial charge in [-0.3, -0.25) is 0 Å². The van der Waals surface area contributed by atoms with Crippen LogP contribution >= 0.6 is 11.6 Å². The Morgan fingerprint density at radius 3 is 2.52 bits per heavy atom. The van der Waals surface area contributed by atoms with Gasteiger partial charge in [0.05, 0.1) is 23.0 Å². The largest absolute Gasteiger partial charge is 0.390 e. The van der Waals surface area contributed by atoms with E-state index < -0.39 is 0 Å². The molecule has 3 rings (SSSR count). The Hall–Kier alpha value is -1.96. The lowest BCUT2D eigenvalue weighted by Crippen LogP contribution is -2.47. The van der Waals surface area contributed by atoms with E-state index in [4.69, 9.17) is 27.3 Å². The van der Waals surface area contributed by atoms with Gasteiger partial charge in [0, 0.05) is 45.0 Å². The average Bonchev–Trinajstić information content (AvgIpc) is 2.68. The quantitative estimate of drug-likeness (QED) is 0.770. The highest BCUT2D eigenvalue weighted by Gasteiger charge is 2.34. The molecule has 1 aliphatic rings. The maximum absolute atomic E-state index is 10.0. The van der Waals surface area contributed by atoms with Gasteiger partial charge in [-0.1, -0.05) is 18.5 Å². The van der Waals surface area contributed by atoms with Crippen LogP contribution in [0.1, 0.15) is 38.1 Å². The molecule has 29 heavy (non-hydrogen) atoms. The zero-order chi connectivity index (χ0) is 21.3. The predicted octanol–water partition coefficient (Wildman–Crippen LogP) is 3.01. The molecule has 0 spiro atoms. The number of pyridine rings is 1. The lowest BCUT2D eigenvalue weighted by molar-refractivity contribution is 0.204. The number of hydrogen-bond donors (Lipinski definition) is 2. The highest BCUT2D eigenvalue weighted by molar-refractivity contribution is 6.35. The van der Waals surface area contributed by atoms with Crippen LogP contribution < -0.4 is 15.5 Å². The molecule has 0 unspecified atom stereocenters. The smallest absolute Gasteiger partial charge is 0.153 e. The SMILES string of the molecule is Cc1nc(N2CCC(C)([C@@H](C)N)CC2)c(CO)nc1-c1ccnc(N(C)C)c1Cl. The number of aromatic nitrogens is 3. The maximum Gasteiger partial charge on any atom is 0.153 e. The van der Waals surface area contributed by atoms with Crippen LogP contribution in [-0.4, -0.2) is 53.3 Å². The molecule has 2 aromatic heterocycles. The first-order valence-electron chi connectivity index (χ1n) is 9.99. The summed E-state index contributed by atoms with van der Waals surface area (Å²) in [7, 11) is 3.79. The van der Waals surface area contributed by atoms with Gasteiger partial charge in [-0.15, -0.1) is 0 Å². The highest BCUT2D eigenvalue weighted by Crippen LogP contribution is 2.37. The zero-order valence-electron chi connectivity index (χ0n) is 17.9. The number of aryl methyl sites for hydroxylation is 1.